The summed E-state index contributed by atoms with van der Waals surface area (Å²) in [6.45, 7) is 2.26. The first-order chi connectivity index (χ1) is 18.8. The average molecular weight is 538 g/mol. The second-order valence-corrected chi connectivity index (χ2v) is 8.84. The van der Waals surface area contributed by atoms with Gasteiger partial charge in [-0.05, 0) is 41.3 Å². The highest BCUT2D eigenvalue weighted by Gasteiger charge is 2.19. The zero-order chi connectivity index (χ0) is 27.9. The average Bonchev–Trinajstić information content (AvgIpc) is 3.27. The largest absolute Gasteiger partial charge is 0.496 e. The molecule has 4 aromatic rings. The SMILES string of the molecule is COc1cc(OC[C@@H](O)CO)cc(OC)c1-c1cccc(CNc2ccc(Cn3oc(=O)[nH]c3=O)cc2)c1C. The molecule has 1 heterocycles. The first-order valence-corrected chi connectivity index (χ1v) is 12.2. The van der Waals surface area contributed by atoms with Gasteiger partial charge in [0.15, 0.2) is 0 Å². The van der Waals surface area contributed by atoms with Crippen molar-refractivity contribution in [3.05, 3.63) is 92.3 Å². The predicted molar refractivity (Wildman–Crippen MR) is 145 cm³/mol. The Bertz CT molecular complexity index is 1500. The summed E-state index contributed by atoms with van der Waals surface area (Å²) in [5.41, 5.74) is 4.89. The molecule has 0 unspecified atom stereocenters. The highest BCUT2D eigenvalue weighted by atomic mass is 16.5. The standard InChI is InChI=1S/C28H31N3O8/c1-17-19(13-29-20-9-7-18(8-10-20)14-31-27(34)30-28(35)39-31)5-4-6-23(17)26-24(36-2)11-22(12-25(26)37-3)38-16-21(33)15-32/h4-12,21,29,32-33H,13-16H2,1-3H3,(H,30,34,35)/t21-/m0/s1. The van der Waals surface area contributed by atoms with Crippen LogP contribution >= 0.6 is 0 Å². The lowest BCUT2D eigenvalue weighted by molar-refractivity contribution is 0.0535. The number of rotatable bonds is 12. The minimum atomic E-state index is -0.990. The van der Waals surface area contributed by atoms with Crippen molar-refractivity contribution in [2.45, 2.75) is 26.1 Å². The van der Waals surface area contributed by atoms with Crippen LogP contribution in [0.4, 0.5) is 5.69 Å². The number of anilines is 1. The van der Waals surface area contributed by atoms with Gasteiger partial charge in [-0.15, -0.1) is 4.74 Å². The molecule has 0 radical (unpaired) electrons. The van der Waals surface area contributed by atoms with Crippen LogP contribution in [0.15, 0.2) is 68.7 Å². The van der Waals surface area contributed by atoms with Crippen LogP contribution in [0.2, 0.25) is 0 Å². The molecule has 11 nitrogen and oxygen atoms in total. The van der Waals surface area contributed by atoms with Crippen LogP contribution in [0.3, 0.4) is 0 Å². The van der Waals surface area contributed by atoms with Gasteiger partial charge in [0.25, 0.3) is 0 Å². The van der Waals surface area contributed by atoms with E-state index >= 15 is 0 Å². The van der Waals surface area contributed by atoms with E-state index in [1.54, 1.807) is 26.4 Å². The van der Waals surface area contributed by atoms with Gasteiger partial charge < -0.3 is 34.3 Å². The summed E-state index contributed by atoms with van der Waals surface area (Å²) < 4.78 is 22.7. The van der Waals surface area contributed by atoms with E-state index in [2.05, 4.69) is 10.3 Å². The maximum atomic E-state index is 11.7. The Morgan fingerprint density at radius 2 is 1.74 bits per heavy atom. The van der Waals surface area contributed by atoms with Crippen molar-refractivity contribution in [1.29, 1.82) is 0 Å². The molecule has 0 spiro atoms. The van der Waals surface area contributed by atoms with E-state index in [1.165, 1.54) is 0 Å². The van der Waals surface area contributed by atoms with Gasteiger partial charge in [0.1, 0.15) is 30.0 Å². The van der Waals surface area contributed by atoms with E-state index in [9.17, 15) is 14.7 Å². The van der Waals surface area contributed by atoms with E-state index in [1.807, 2.05) is 49.4 Å². The Labute approximate surface area is 224 Å². The third-order valence-electron chi connectivity index (χ3n) is 6.24. The van der Waals surface area contributed by atoms with Crippen molar-refractivity contribution in [3.63, 3.8) is 0 Å². The van der Waals surface area contributed by atoms with Gasteiger partial charge in [-0.1, -0.05) is 30.3 Å². The van der Waals surface area contributed by atoms with Gasteiger partial charge in [-0.25, -0.2) is 14.6 Å². The molecule has 0 saturated carbocycles. The minimum Gasteiger partial charge on any atom is -0.496 e. The number of aromatic amines is 1. The van der Waals surface area contributed by atoms with Gasteiger partial charge in [0.2, 0.25) is 0 Å². The van der Waals surface area contributed by atoms with Crippen LogP contribution in [-0.4, -0.2) is 53.5 Å². The zero-order valence-corrected chi connectivity index (χ0v) is 21.9. The summed E-state index contributed by atoms with van der Waals surface area (Å²) in [6.07, 6.45) is -0.990. The quantitative estimate of drug-likeness (QED) is 0.214. The lowest BCUT2D eigenvalue weighted by Gasteiger charge is -2.19. The molecule has 0 amide bonds. The Morgan fingerprint density at radius 1 is 1.05 bits per heavy atom. The topological polar surface area (TPSA) is 148 Å². The molecule has 0 fully saturated rings. The van der Waals surface area contributed by atoms with Crippen molar-refractivity contribution in [2.75, 3.05) is 32.8 Å². The van der Waals surface area contributed by atoms with E-state index in [0.29, 0.717) is 23.8 Å². The molecule has 11 heteroatoms. The summed E-state index contributed by atoms with van der Waals surface area (Å²) in [7, 11) is 3.13. The number of ether oxygens (including phenoxy) is 3. The van der Waals surface area contributed by atoms with E-state index in [4.69, 9.17) is 23.8 Å². The molecule has 206 valence electrons. The highest BCUT2D eigenvalue weighted by molar-refractivity contribution is 5.81. The van der Waals surface area contributed by atoms with E-state index < -0.39 is 24.2 Å². The fourth-order valence-electron chi connectivity index (χ4n) is 4.14. The first-order valence-electron chi connectivity index (χ1n) is 12.2. The van der Waals surface area contributed by atoms with Gasteiger partial charge in [-0.3, -0.25) is 0 Å². The summed E-state index contributed by atoms with van der Waals surface area (Å²) in [6, 6.07) is 16.9. The van der Waals surface area contributed by atoms with Crippen LogP contribution in [0, 0.1) is 6.92 Å². The molecular weight excluding hydrogens is 506 g/mol. The van der Waals surface area contributed by atoms with Gasteiger partial charge in [0.05, 0.1) is 32.9 Å². The molecule has 0 aliphatic rings. The number of nitrogens with one attached hydrogen (secondary N) is 2. The summed E-state index contributed by atoms with van der Waals surface area (Å²) in [5, 5.41) is 22.1. The Hall–Kier alpha value is -4.48. The summed E-state index contributed by atoms with van der Waals surface area (Å²) in [4.78, 5) is 24.9. The summed E-state index contributed by atoms with van der Waals surface area (Å²) >= 11 is 0. The van der Waals surface area contributed by atoms with E-state index in [-0.39, 0.29) is 13.2 Å². The third kappa shape index (κ3) is 6.51. The smallest absolute Gasteiger partial charge is 0.440 e. The molecule has 3 aromatic carbocycles. The van der Waals surface area contributed by atoms with Crippen molar-refractivity contribution in [2.24, 2.45) is 0 Å². The fourth-order valence-corrected chi connectivity index (χ4v) is 4.14. The number of aliphatic hydroxyl groups is 2. The monoisotopic (exact) mass is 537 g/mol. The third-order valence-corrected chi connectivity index (χ3v) is 6.24. The van der Waals surface area contributed by atoms with Crippen molar-refractivity contribution in [1.82, 2.24) is 9.72 Å². The molecule has 0 saturated heterocycles. The molecule has 4 N–H and O–H groups in total. The minimum absolute atomic E-state index is 0.0651. The number of hydrogen-bond donors (Lipinski definition) is 4. The van der Waals surface area contributed by atoms with Crippen LogP contribution in [0.1, 0.15) is 16.7 Å². The number of benzene rings is 3. The van der Waals surface area contributed by atoms with Gasteiger partial charge >= 0.3 is 11.4 Å². The molecule has 0 aliphatic carbocycles. The van der Waals surface area contributed by atoms with Crippen LogP contribution in [0.25, 0.3) is 11.1 Å². The lowest BCUT2D eigenvalue weighted by atomic mass is 9.94. The number of aromatic nitrogens is 2. The molecule has 1 atom stereocenters. The Morgan fingerprint density at radius 3 is 2.33 bits per heavy atom. The van der Waals surface area contributed by atoms with Gasteiger partial charge in [-0.2, -0.15) is 0 Å². The van der Waals surface area contributed by atoms with E-state index in [0.717, 1.165) is 38.2 Å². The Kier molecular flexibility index (Phi) is 8.74. The Balaban J connectivity index is 1.52. The fraction of sp³-hybridized carbons (Fsp3) is 0.286. The van der Waals surface area contributed by atoms with Crippen molar-refractivity contribution in [3.8, 4) is 28.4 Å². The molecule has 4 rings (SSSR count). The second kappa shape index (κ2) is 12.4. The molecular formula is C28H31N3O8. The molecule has 1 aromatic heterocycles. The van der Waals surface area contributed by atoms with Crippen LogP contribution in [0.5, 0.6) is 17.2 Å². The van der Waals surface area contributed by atoms with Crippen LogP contribution in [-0.2, 0) is 13.1 Å². The predicted octanol–water partition coefficient (Wildman–Crippen LogP) is 2.51. The maximum absolute atomic E-state index is 11.7. The maximum Gasteiger partial charge on any atom is 0.440 e. The summed E-state index contributed by atoms with van der Waals surface area (Å²) in [5.74, 6) is 0.753. The number of aliphatic hydroxyl groups excluding tert-OH is 2. The second-order valence-electron chi connectivity index (χ2n) is 8.84. The lowest BCUT2D eigenvalue weighted by Crippen LogP contribution is -2.21. The molecule has 0 aliphatic heterocycles. The number of hydrogen-bond acceptors (Lipinski definition) is 9. The number of nitrogens with zero attached hydrogens (tertiary/aromatic N) is 1. The molecule has 0 bridgehead atoms. The number of H-pyrrole nitrogens is 1. The highest BCUT2D eigenvalue weighted by Crippen LogP contribution is 2.43. The van der Waals surface area contributed by atoms with Crippen LogP contribution < -0.4 is 31.0 Å². The molecule has 39 heavy (non-hydrogen) atoms. The first kappa shape index (κ1) is 27.6. The van der Waals surface area contributed by atoms with Gasteiger partial charge in [0, 0.05) is 24.4 Å². The van der Waals surface area contributed by atoms with Crippen molar-refractivity contribution >= 4 is 5.69 Å². The normalized spacial score (nSPS) is 11.7. The number of methoxy groups -OCH3 is 2. The zero-order valence-electron chi connectivity index (χ0n) is 21.9. The van der Waals surface area contributed by atoms with Crippen molar-refractivity contribution < 1.29 is 28.9 Å².